The molecule has 3 aliphatic carbocycles. The first-order chi connectivity index (χ1) is 7.14. The van der Waals surface area contributed by atoms with Gasteiger partial charge in [0.15, 0.2) is 0 Å². The number of hydroxylamine groups is 1. The third kappa shape index (κ3) is 1.87. The van der Waals surface area contributed by atoms with Crippen LogP contribution in [0.25, 0.3) is 0 Å². The number of ether oxygens (including phenoxy) is 1. The minimum absolute atomic E-state index is 0.00113. The van der Waals surface area contributed by atoms with E-state index >= 15 is 0 Å². The van der Waals surface area contributed by atoms with E-state index in [4.69, 9.17) is 9.57 Å². The van der Waals surface area contributed by atoms with E-state index in [0.717, 1.165) is 25.7 Å². The molecule has 3 aliphatic rings. The minimum atomic E-state index is -0.0228. The minimum Gasteiger partial charge on any atom is -0.375 e. The summed E-state index contributed by atoms with van der Waals surface area (Å²) in [7, 11) is 3.17. The van der Waals surface area contributed by atoms with Gasteiger partial charge >= 0.3 is 0 Å². The molecule has 0 aliphatic heterocycles. The van der Waals surface area contributed by atoms with E-state index < -0.39 is 0 Å². The molecule has 0 aromatic rings. The fraction of sp³-hybridized carbons (Fsp3) is 0.900. The number of rotatable bonds is 5. The number of nitrogens with one attached hydrogen (secondary N) is 2. The second-order valence-corrected chi connectivity index (χ2v) is 4.70. The summed E-state index contributed by atoms with van der Waals surface area (Å²) in [5.74, 6) is -0.0228. The van der Waals surface area contributed by atoms with Crippen LogP contribution < -0.4 is 10.8 Å². The highest BCUT2D eigenvalue weighted by Gasteiger charge is 2.61. The Kier molecular flexibility index (Phi) is 2.70. The molecule has 5 heteroatoms. The Hall–Kier alpha value is -0.650. The van der Waals surface area contributed by atoms with Gasteiger partial charge in [-0.1, -0.05) is 0 Å². The summed E-state index contributed by atoms with van der Waals surface area (Å²) in [6.45, 7) is 0.145. The number of amides is 1. The lowest BCUT2D eigenvalue weighted by atomic mass is 9.71. The number of fused-ring (bicyclic) bond motifs is 1. The molecule has 0 aromatic carbocycles. The van der Waals surface area contributed by atoms with E-state index in [1.54, 1.807) is 7.11 Å². The van der Waals surface area contributed by atoms with Gasteiger partial charge in [-0.2, -0.15) is 5.48 Å². The van der Waals surface area contributed by atoms with Crippen molar-refractivity contribution < 1.29 is 14.4 Å². The number of hydrogen-bond acceptors (Lipinski definition) is 4. The van der Waals surface area contributed by atoms with Gasteiger partial charge in [0.25, 0.3) is 0 Å². The SMILES string of the molecule is COCC(=O)NC12CCC(NOC)(C1)C2. The summed E-state index contributed by atoms with van der Waals surface area (Å²) in [6.07, 6.45) is 4.01. The molecule has 2 bridgehead atoms. The lowest BCUT2D eigenvalue weighted by Crippen LogP contribution is -2.63. The number of carbonyl (C=O) groups excluding carboxylic acids is 1. The van der Waals surface area contributed by atoms with Gasteiger partial charge in [0.2, 0.25) is 5.91 Å². The Bertz CT molecular complexity index is 261. The number of methoxy groups -OCH3 is 1. The molecule has 0 saturated heterocycles. The van der Waals surface area contributed by atoms with Gasteiger partial charge in [-0.3, -0.25) is 4.79 Å². The Morgan fingerprint density at radius 3 is 2.53 bits per heavy atom. The molecule has 0 atom stereocenters. The molecule has 3 rings (SSSR count). The van der Waals surface area contributed by atoms with Crippen molar-refractivity contribution >= 4 is 5.91 Å². The van der Waals surface area contributed by atoms with Gasteiger partial charge in [0, 0.05) is 18.2 Å². The van der Waals surface area contributed by atoms with Crippen LogP contribution in [0.3, 0.4) is 0 Å². The van der Waals surface area contributed by atoms with Crippen molar-refractivity contribution in [1.29, 1.82) is 0 Å². The first kappa shape index (κ1) is 10.9. The zero-order valence-electron chi connectivity index (χ0n) is 9.26. The summed E-state index contributed by atoms with van der Waals surface area (Å²) >= 11 is 0. The largest absolute Gasteiger partial charge is 0.375 e. The van der Waals surface area contributed by atoms with Gasteiger partial charge in [0.1, 0.15) is 6.61 Å². The van der Waals surface area contributed by atoms with E-state index in [1.807, 2.05) is 0 Å². The summed E-state index contributed by atoms with van der Waals surface area (Å²) in [4.78, 5) is 16.4. The Morgan fingerprint density at radius 2 is 1.93 bits per heavy atom. The van der Waals surface area contributed by atoms with Crippen LogP contribution in [0.1, 0.15) is 25.7 Å². The highest BCUT2D eigenvalue weighted by Crippen LogP contribution is 2.54. The zero-order valence-corrected chi connectivity index (χ0v) is 9.26. The lowest BCUT2D eigenvalue weighted by Gasteiger charge is -2.47. The van der Waals surface area contributed by atoms with E-state index in [0.29, 0.717) is 0 Å². The highest BCUT2D eigenvalue weighted by molar-refractivity contribution is 5.78. The van der Waals surface area contributed by atoms with Gasteiger partial charge in [-0.25, -0.2) is 0 Å². The number of carbonyl (C=O) groups is 1. The average molecular weight is 214 g/mol. The third-order valence-corrected chi connectivity index (χ3v) is 3.43. The van der Waals surface area contributed by atoms with Crippen LogP contribution in [0, 0.1) is 0 Å². The average Bonchev–Trinajstić information content (AvgIpc) is 2.60. The monoisotopic (exact) mass is 214 g/mol. The maximum atomic E-state index is 11.4. The maximum Gasteiger partial charge on any atom is 0.246 e. The molecular formula is C10H18N2O3. The van der Waals surface area contributed by atoms with E-state index in [1.165, 1.54) is 7.11 Å². The molecule has 0 aromatic heterocycles. The molecule has 5 nitrogen and oxygen atoms in total. The highest BCUT2D eigenvalue weighted by atomic mass is 16.6. The fourth-order valence-corrected chi connectivity index (χ4v) is 3.03. The van der Waals surface area contributed by atoms with Crippen molar-refractivity contribution in [2.45, 2.75) is 36.8 Å². The van der Waals surface area contributed by atoms with Crippen molar-refractivity contribution in [3.05, 3.63) is 0 Å². The van der Waals surface area contributed by atoms with Crippen LogP contribution in [-0.4, -0.2) is 37.8 Å². The molecule has 3 fully saturated rings. The van der Waals surface area contributed by atoms with Crippen LogP contribution >= 0.6 is 0 Å². The first-order valence-electron chi connectivity index (χ1n) is 5.24. The molecule has 15 heavy (non-hydrogen) atoms. The van der Waals surface area contributed by atoms with Gasteiger partial charge in [-0.05, 0) is 25.7 Å². The standard InChI is InChI=1S/C10H18N2O3/c1-14-5-8(13)11-9-3-4-10(6-9,7-9)12-15-2/h12H,3-7H2,1-2H3,(H,11,13). The van der Waals surface area contributed by atoms with E-state index in [9.17, 15) is 4.79 Å². The topological polar surface area (TPSA) is 59.6 Å². The van der Waals surface area contributed by atoms with Crippen LogP contribution in [0.5, 0.6) is 0 Å². The van der Waals surface area contributed by atoms with Gasteiger partial charge < -0.3 is 14.9 Å². The molecule has 0 radical (unpaired) electrons. The second-order valence-electron chi connectivity index (χ2n) is 4.70. The molecule has 2 N–H and O–H groups in total. The molecule has 86 valence electrons. The predicted molar refractivity (Wildman–Crippen MR) is 54.1 cm³/mol. The Balaban J connectivity index is 1.85. The van der Waals surface area contributed by atoms with Crippen LogP contribution in [0.4, 0.5) is 0 Å². The molecule has 0 unspecified atom stereocenters. The summed E-state index contributed by atoms with van der Waals surface area (Å²) in [6, 6.07) is 0. The Labute approximate surface area is 89.5 Å². The molecule has 1 amide bonds. The van der Waals surface area contributed by atoms with Crippen LogP contribution in [-0.2, 0) is 14.4 Å². The Morgan fingerprint density at radius 1 is 1.27 bits per heavy atom. The maximum absolute atomic E-state index is 11.4. The summed E-state index contributed by atoms with van der Waals surface area (Å²) < 4.78 is 4.80. The zero-order chi connectivity index (χ0) is 10.9. The quantitative estimate of drug-likeness (QED) is 0.631. The summed E-state index contributed by atoms with van der Waals surface area (Å²) in [5.41, 5.74) is 3.14. The second kappa shape index (κ2) is 3.73. The molecule has 0 spiro atoms. The smallest absolute Gasteiger partial charge is 0.246 e. The molecular weight excluding hydrogens is 196 g/mol. The predicted octanol–water partition coefficient (Wildman–Crippen LogP) is -0.0348. The summed E-state index contributed by atoms with van der Waals surface area (Å²) in [5, 5.41) is 3.05. The van der Waals surface area contributed by atoms with Gasteiger partial charge in [-0.15, -0.1) is 0 Å². The van der Waals surface area contributed by atoms with Crippen molar-refractivity contribution in [2.24, 2.45) is 0 Å². The van der Waals surface area contributed by atoms with Crippen molar-refractivity contribution in [1.82, 2.24) is 10.8 Å². The molecule has 3 saturated carbocycles. The normalized spacial score (nSPS) is 37.5. The van der Waals surface area contributed by atoms with Gasteiger partial charge in [0.05, 0.1) is 7.11 Å². The van der Waals surface area contributed by atoms with Crippen molar-refractivity contribution in [2.75, 3.05) is 20.8 Å². The van der Waals surface area contributed by atoms with Crippen LogP contribution in [0.15, 0.2) is 0 Å². The number of hydrogen-bond donors (Lipinski definition) is 2. The van der Waals surface area contributed by atoms with Crippen molar-refractivity contribution in [3.8, 4) is 0 Å². The fourth-order valence-electron chi connectivity index (χ4n) is 3.03. The van der Waals surface area contributed by atoms with E-state index in [-0.39, 0.29) is 23.6 Å². The van der Waals surface area contributed by atoms with E-state index in [2.05, 4.69) is 10.8 Å². The third-order valence-electron chi connectivity index (χ3n) is 3.43. The lowest BCUT2D eigenvalue weighted by molar-refractivity contribution is -0.128. The first-order valence-corrected chi connectivity index (χ1v) is 5.24. The molecule has 0 heterocycles. The van der Waals surface area contributed by atoms with Crippen LogP contribution in [0.2, 0.25) is 0 Å². The van der Waals surface area contributed by atoms with Crippen molar-refractivity contribution in [3.63, 3.8) is 0 Å².